The van der Waals surface area contributed by atoms with Crippen molar-refractivity contribution in [3.8, 4) is 0 Å². The number of nitrogens with one attached hydrogen (secondary N) is 2. The lowest BCUT2D eigenvalue weighted by Crippen LogP contribution is -2.15. The maximum atomic E-state index is 12.1. The van der Waals surface area contributed by atoms with Gasteiger partial charge in [0.1, 0.15) is 0 Å². The minimum Gasteiger partial charge on any atom is -0.860 e. The molecule has 0 amide bonds. The Hall–Kier alpha value is -3.92. The fourth-order valence-corrected chi connectivity index (χ4v) is 3.10. The largest absolute Gasteiger partial charge is 0.860 e. The summed E-state index contributed by atoms with van der Waals surface area (Å²) >= 11 is 0. The van der Waals surface area contributed by atoms with Gasteiger partial charge in [0.2, 0.25) is 0 Å². The van der Waals surface area contributed by atoms with Crippen molar-refractivity contribution in [3.63, 3.8) is 0 Å². The highest BCUT2D eigenvalue weighted by atomic mass is 16.3. The van der Waals surface area contributed by atoms with Gasteiger partial charge < -0.3 is 20.8 Å². The molecular weight excluding hydrogens is 360 g/mol. The van der Waals surface area contributed by atoms with Gasteiger partial charge in [0.15, 0.2) is 0 Å². The molecule has 0 aromatic heterocycles. The highest BCUT2D eigenvalue weighted by molar-refractivity contribution is 5.54. The number of rotatable bonds is 6. The summed E-state index contributed by atoms with van der Waals surface area (Å²) in [6.45, 7) is 0. The first-order valence-corrected chi connectivity index (χ1v) is 9.41. The lowest BCUT2D eigenvalue weighted by molar-refractivity contribution is -0.300. The van der Waals surface area contributed by atoms with E-state index in [0.29, 0.717) is 11.1 Å². The highest BCUT2D eigenvalue weighted by Crippen LogP contribution is 2.19. The molecule has 2 aromatic rings. The van der Waals surface area contributed by atoms with E-state index in [4.69, 9.17) is 0 Å². The average Bonchev–Trinajstić information content (AvgIpc) is 3.45. The van der Waals surface area contributed by atoms with Crippen LogP contribution in [-0.4, -0.2) is 0 Å². The third kappa shape index (κ3) is 4.68. The van der Waals surface area contributed by atoms with Crippen molar-refractivity contribution in [1.82, 2.24) is 0 Å². The molecule has 0 aliphatic heterocycles. The molecule has 4 rings (SSSR count). The van der Waals surface area contributed by atoms with Crippen molar-refractivity contribution in [2.75, 3.05) is 10.6 Å². The molecule has 0 fully saturated rings. The number of hydrogen-bond donors (Lipinski definition) is 2. The van der Waals surface area contributed by atoms with Crippen LogP contribution in [0.5, 0.6) is 0 Å². The molecule has 4 heteroatoms. The van der Waals surface area contributed by atoms with Gasteiger partial charge in [-0.3, -0.25) is 0 Å². The molecule has 0 radical (unpaired) electrons. The molecule has 0 saturated heterocycles. The Balaban J connectivity index is 1.37. The Morgan fingerprint density at radius 2 is 0.897 bits per heavy atom. The second-order valence-electron chi connectivity index (χ2n) is 6.83. The summed E-state index contributed by atoms with van der Waals surface area (Å²) in [7, 11) is 0. The number of benzene rings is 2. The fourth-order valence-electron chi connectivity index (χ4n) is 3.10. The van der Waals surface area contributed by atoms with Gasteiger partial charge in [-0.1, -0.05) is 72.9 Å². The molecule has 0 atom stereocenters. The van der Waals surface area contributed by atoms with Crippen LogP contribution in [0.3, 0.4) is 0 Å². The van der Waals surface area contributed by atoms with Gasteiger partial charge in [0.05, 0.1) is 0 Å². The molecule has 144 valence electrons. The summed E-state index contributed by atoms with van der Waals surface area (Å²) in [6, 6.07) is 15.7. The third-order valence-corrected chi connectivity index (χ3v) is 4.68. The van der Waals surface area contributed by atoms with E-state index < -0.39 is 0 Å². The molecule has 0 spiro atoms. The van der Waals surface area contributed by atoms with Crippen molar-refractivity contribution in [1.29, 1.82) is 0 Å². The van der Waals surface area contributed by atoms with Crippen LogP contribution in [0.1, 0.15) is 11.1 Å². The van der Waals surface area contributed by atoms with Crippen LogP contribution in [0.4, 0.5) is 11.4 Å². The van der Waals surface area contributed by atoms with E-state index in [1.165, 1.54) is 0 Å². The molecular formula is C25H20N2O2-2. The first-order valence-electron chi connectivity index (χ1n) is 9.41. The van der Waals surface area contributed by atoms with Gasteiger partial charge in [-0.2, -0.15) is 0 Å². The van der Waals surface area contributed by atoms with Crippen molar-refractivity contribution in [2.24, 2.45) is 0 Å². The minimum absolute atomic E-state index is 0.109. The Labute approximate surface area is 170 Å². The van der Waals surface area contributed by atoms with Crippen molar-refractivity contribution in [3.05, 3.63) is 131 Å². The molecule has 2 N–H and O–H groups in total. The molecule has 2 aliphatic carbocycles. The van der Waals surface area contributed by atoms with Gasteiger partial charge >= 0.3 is 0 Å². The molecule has 0 unspecified atom stereocenters. The van der Waals surface area contributed by atoms with Crippen LogP contribution in [-0.2, 0) is 6.42 Å². The SMILES string of the molecule is [O-]C(Nc1ccc(Cc2ccc(NC([O-])=C3C=CC=C3)cc2)cc1)=C1C=CC=C1. The number of allylic oxidation sites excluding steroid dienone is 10. The first-order chi connectivity index (χ1) is 14.2. The van der Waals surface area contributed by atoms with E-state index >= 15 is 0 Å². The van der Waals surface area contributed by atoms with E-state index in [9.17, 15) is 10.2 Å². The van der Waals surface area contributed by atoms with Gasteiger partial charge in [-0.15, -0.1) is 0 Å². The zero-order valence-corrected chi connectivity index (χ0v) is 15.8. The number of hydrogen-bond acceptors (Lipinski definition) is 4. The Morgan fingerprint density at radius 3 is 1.24 bits per heavy atom. The maximum Gasteiger partial charge on any atom is 0.0375 e. The second kappa shape index (κ2) is 8.40. The van der Waals surface area contributed by atoms with E-state index in [1.54, 1.807) is 24.3 Å². The first kappa shape index (κ1) is 18.4. The van der Waals surface area contributed by atoms with Crippen LogP contribution < -0.4 is 20.8 Å². The Bertz CT molecular complexity index is 951. The van der Waals surface area contributed by atoms with Gasteiger partial charge in [-0.25, -0.2) is 0 Å². The maximum absolute atomic E-state index is 12.1. The second-order valence-corrected chi connectivity index (χ2v) is 6.83. The van der Waals surface area contributed by atoms with Crippen LogP contribution >= 0.6 is 0 Å². The van der Waals surface area contributed by atoms with Crippen LogP contribution in [0.15, 0.2) is 120 Å². The van der Waals surface area contributed by atoms with E-state index in [2.05, 4.69) is 10.6 Å². The predicted octanol–water partition coefficient (Wildman–Crippen LogP) is 3.50. The van der Waals surface area contributed by atoms with Crippen molar-refractivity contribution < 1.29 is 10.2 Å². The van der Waals surface area contributed by atoms with Crippen LogP contribution in [0.2, 0.25) is 0 Å². The monoisotopic (exact) mass is 380 g/mol. The van der Waals surface area contributed by atoms with Gasteiger partial charge in [0.25, 0.3) is 0 Å². The van der Waals surface area contributed by atoms with E-state index in [1.807, 2.05) is 72.8 Å². The fraction of sp³-hybridized carbons (Fsp3) is 0.0400. The summed E-state index contributed by atoms with van der Waals surface area (Å²) in [5.74, 6) is -0.218. The van der Waals surface area contributed by atoms with Gasteiger partial charge in [-0.05, 0) is 64.7 Å². The number of anilines is 2. The van der Waals surface area contributed by atoms with Crippen molar-refractivity contribution in [2.45, 2.75) is 6.42 Å². The summed E-state index contributed by atoms with van der Waals surface area (Å²) in [6.07, 6.45) is 15.3. The van der Waals surface area contributed by atoms with Crippen LogP contribution in [0.25, 0.3) is 0 Å². The van der Waals surface area contributed by atoms with Gasteiger partial charge in [0, 0.05) is 11.4 Å². The summed E-state index contributed by atoms with van der Waals surface area (Å²) in [5.41, 5.74) is 5.13. The standard InChI is InChI=1S/C25H22N2O2/c28-24(20-5-1-2-6-20)26-22-13-9-18(10-14-22)17-19-11-15-23(16-12-19)27-25(29)21-7-3-4-8-21/h1-16,26-29H,17H2/p-2. The average molecular weight is 380 g/mol. The molecule has 0 saturated carbocycles. The Morgan fingerprint density at radius 1 is 0.552 bits per heavy atom. The molecule has 2 aliphatic rings. The third-order valence-electron chi connectivity index (χ3n) is 4.68. The lowest BCUT2D eigenvalue weighted by Gasteiger charge is -2.18. The smallest absolute Gasteiger partial charge is 0.0375 e. The Kier molecular flexibility index (Phi) is 5.34. The summed E-state index contributed by atoms with van der Waals surface area (Å²) < 4.78 is 0. The predicted molar refractivity (Wildman–Crippen MR) is 114 cm³/mol. The zero-order chi connectivity index (χ0) is 20.1. The summed E-state index contributed by atoms with van der Waals surface area (Å²) in [4.78, 5) is 0. The van der Waals surface area contributed by atoms with E-state index in [-0.39, 0.29) is 11.8 Å². The molecule has 29 heavy (non-hydrogen) atoms. The molecule has 0 heterocycles. The topological polar surface area (TPSA) is 70.2 Å². The lowest BCUT2D eigenvalue weighted by atomic mass is 10.0. The molecule has 4 nitrogen and oxygen atoms in total. The normalized spacial score (nSPS) is 13.9. The quantitative estimate of drug-likeness (QED) is 0.753. The molecule has 0 bridgehead atoms. The summed E-state index contributed by atoms with van der Waals surface area (Å²) in [5, 5.41) is 30.0. The minimum atomic E-state index is -0.109. The van der Waals surface area contributed by atoms with Crippen molar-refractivity contribution >= 4 is 11.4 Å². The van der Waals surface area contributed by atoms with Crippen LogP contribution in [0, 0.1) is 0 Å². The molecule has 2 aromatic carbocycles. The highest BCUT2D eigenvalue weighted by Gasteiger charge is 2.01. The zero-order valence-electron chi connectivity index (χ0n) is 15.8. The van der Waals surface area contributed by atoms with E-state index in [0.717, 1.165) is 28.9 Å².